The highest BCUT2D eigenvalue weighted by molar-refractivity contribution is 5.92. The second-order valence-electron chi connectivity index (χ2n) is 6.19. The number of rotatable bonds is 9. The van der Waals surface area contributed by atoms with Crippen molar-refractivity contribution in [1.82, 2.24) is 10.2 Å². The third-order valence-corrected chi connectivity index (χ3v) is 4.19. The van der Waals surface area contributed by atoms with Crippen molar-refractivity contribution >= 4 is 23.5 Å². The van der Waals surface area contributed by atoms with Crippen molar-refractivity contribution < 1.29 is 28.8 Å². The number of nitro benzene ring substituents is 1. The first kappa shape index (κ1) is 21.1. The van der Waals surface area contributed by atoms with Gasteiger partial charge in [0.2, 0.25) is 5.91 Å². The van der Waals surface area contributed by atoms with Gasteiger partial charge in [-0.3, -0.25) is 24.5 Å². The van der Waals surface area contributed by atoms with E-state index in [-0.39, 0.29) is 37.6 Å². The molecule has 1 aromatic rings. The van der Waals surface area contributed by atoms with Gasteiger partial charge < -0.3 is 19.7 Å². The quantitative estimate of drug-likeness (QED) is 0.287. The summed E-state index contributed by atoms with van der Waals surface area (Å²) in [6.07, 6.45) is 1.33. The molecule has 0 unspecified atom stereocenters. The first-order chi connectivity index (χ1) is 13.4. The Morgan fingerprint density at radius 1 is 1.36 bits per heavy atom. The number of carbonyl (C=O) groups is 3. The Balaban J connectivity index is 2.00. The van der Waals surface area contributed by atoms with Gasteiger partial charge in [0.1, 0.15) is 6.04 Å². The molecule has 10 heteroatoms. The van der Waals surface area contributed by atoms with Crippen LogP contribution in [0.15, 0.2) is 24.3 Å². The number of hydrogen-bond acceptors (Lipinski definition) is 7. The summed E-state index contributed by atoms with van der Waals surface area (Å²) in [5.41, 5.74) is -0.261. The number of ether oxygens (including phenoxy) is 2. The van der Waals surface area contributed by atoms with Crippen LogP contribution < -0.4 is 10.1 Å². The minimum Gasteiger partial charge on any atom is -0.477 e. The van der Waals surface area contributed by atoms with Gasteiger partial charge in [-0.15, -0.1) is 0 Å². The van der Waals surface area contributed by atoms with E-state index in [1.54, 1.807) is 6.07 Å². The fourth-order valence-corrected chi connectivity index (χ4v) is 2.72. The standard InChI is InChI=1S/C18H23N3O7/c1-2-3-10-27-17(23)11-14-18(24)19-8-9-20(14)16(22)12-28-15-7-5-4-6-13(15)21(25)26/h4-7,14H,2-3,8-12H2,1H3,(H,19,24)/t14-/m1/s1. The van der Waals surface area contributed by atoms with Crippen molar-refractivity contribution in [2.75, 3.05) is 26.3 Å². The summed E-state index contributed by atoms with van der Waals surface area (Å²) >= 11 is 0. The summed E-state index contributed by atoms with van der Waals surface area (Å²) in [7, 11) is 0. The predicted octanol–water partition coefficient (Wildman–Crippen LogP) is 1.03. The van der Waals surface area contributed by atoms with E-state index in [9.17, 15) is 24.5 Å². The summed E-state index contributed by atoms with van der Waals surface area (Å²) in [6.45, 7) is 2.19. The molecule has 10 nitrogen and oxygen atoms in total. The number of para-hydroxylation sites is 2. The van der Waals surface area contributed by atoms with Gasteiger partial charge in [0.25, 0.3) is 5.91 Å². The van der Waals surface area contributed by atoms with Crippen molar-refractivity contribution in [2.24, 2.45) is 0 Å². The molecule has 1 saturated heterocycles. The molecule has 152 valence electrons. The normalized spacial score (nSPS) is 16.2. The molecule has 1 aliphatic heterocycles. The molecule has 1 heterocycles. The minimum absolute atomic E-state index is 0.0437. The molecule has 1 N–H and O–H groups in total. The Kier molecular flexibility index (Phi) is 7.73. The zero-order valence-corrected chi connectivity index (χ0v) is 15.6. The number of nitrogens with zero attached hydrogens (tertiary/aromatic N) is 2. The second kappa shape index (κ2) is 10.2. The van der Waals surface area contributed by atoms with Gasteiger partial charge in [-0.1, -0.05) is 25.5 Å². The number of unbranched alkanes of at least 4 members (excludes halogenated alkanes) is 1. The monoisotopic (exact) mass is 393 g/mol. The third-order valence-electron chi connectivity index (χ3n) is 4.19. The summed E-state index contributed by atoms with van der Waals surface area (Å²) in [5, 5.41) is 13.6. The summed E-state index contributed by atoms with van der Waals surface area (Å²) in [5.74, 6) is -1.59. The van der Waals surface area contributed by atoms with Crippen LogP contribution in [-0.4, -0.2) is 60.0 Å². The van der Waals surface area contributed by atoms with Crippen LogP contribution in [0.3, 0.4) is 0 Å². The fraction of sp³-hybridized carbons (Fsp3) is 0.500. The van der Waals surface area contributed by atoms with E-state index >= 15 is 0 Å². The van der Waals surface area contributed by atoms with Crippen LogP contribution in [0.2, 0.25) is 0 Å². The van der Waals surface area contributed by atoms with Crippen LogP contribution in [0.5, 0.6) is 5.75 Å². The molecule has 28 heavy (non-hydrogen) atoms. The Labute approximate surface area is 161 Å². The van der Waals surface area contributed by atoms with Crippen LogP contribution in [-0.2, 0) is 19.1 Å². The van der Waals surface area contributed by atoms with Crippen LogP contribution in [0.1, 0.15) is 26.2 Å². The molecule has 0 radical (unpaired) electrons. The molecule has 0 bridgehead atoms. The smallest absolute Gasteiger partial charge is 0.310 e. The number of nitro groups is 1. The van der Waals surface area contributed by atoms with E-state index in [0.717, 1.165) is 12.8 Å². The van der Waals surface area contributed by atoms with Crippen LogP contribution in [0.25, 0.3) is 0 Å². The van der Waals surface area contributed by atoms with E-state index in [0.29, 0.717) is 0 Å². The molecule has 0 spiro atoms. The van der Waals surface area contributed by atoms with Gasteiger partial charge in [-0.2, -0.15) is 0 Å². The average molecular weight is 393 g/mol. The summed E-state index contributed by atoms with van der Waals surface area (Å²) < 4.78 is 10.4. The first-order valence-electron chi connectivity index (χ1n) is 9.03. The molecule has 0 saturated carbocycles. The number of piperazine rings is 1. The number of esters is 1. The van der Waals surface area contributed by atoms with E-state index in [1.165, 1.54) is 23.1 Å². The fourth-order valence-electron chi connectivity index (χ4n) is 2.72. The molecular formula is C18H23N3O7. The Hall–Kier alpha value is -3.17. The molecular weight excluding hydrogens is 370 g/mol. The number of nitrogens with one attached hydrogen (secondary N) is 1. The maximum atomic E-state index is 12.5. The van der Waals surface area contributed by atoms with Gasteiger partial charge >= 0.3 is 11.7 Å². The molecule has 1 aliphatic rings. The Morgan fingerprint density at radius 3 is 2.82 bits per heavy atom. The van der Waals surface area contributed by atoms with E-state index in [2.05, 4.69) is 5.32 Å². The lowest BCUT2D eigenvalue weighted by Gasteiger charge is -2.34. The zero-order chi connectivity index (χ0) is 20.5. The first-order valence-corrected chi connectivity index (χ1v) is 9.03. The minimum atomic E-state index is -0.996. The lowest BCUT2D eigenvalue weighted by Crippen LogP contribution is -2.58. The Morgan fingerprint density at radius 2 is 2.11 bits per heavy atom. The van der Waals surface area contributed by atoms with Crippen LogP contribution in [0, 0.1) is 10.1 Å². The maximum Gasteiger partial charge on any atom is 0.310 e. The number of carbonyl (C=O) groups excluding carboxylic acids is 3. The molecule has 0 aromatic heterocycles. The summed E-state index contributed by atoms with van der Waals surface area (Å²) in [6, 6.07) is 4.70. The number of benzene rings is 1. The van der Waals surface area contributed by atoms with Crippen molar-refractivity contribution in [3.05, 3.63) is 34.4 Å². The molecule has 1 aromatic carbocycles. The molecule has 2 rings (SSSR count). The van der Waals surface area contributed by atoms with Crippen LogP contribution >= 0.6 is 0 Å². The molecule has 1 fully saturated rings. The zero-order valence-electron chi connectivity index (χ0n) is 15.6. The third kappa shape index (κ3) is 5.66. The molecule has 1 atom stereocenters. The largest absolute Gasteiger partial charge is 0.477 e. The Bertz CT molecular complexity index is 738. The van der Waals surface area contributed by atoms with E-state index in [1.807, 2.05) is 6.92 Å². The van der Waals surface area contributed by atoms with Crippen molar-refractivity contribution in [3.63, 3.8) is 0 Å². The lowest BCUT2D eigenvalue weighted by atomic mass is 10.1. The topological polar surface area (TPSA) is 128 Å². The number of amides is 2. The van der Waals surface area contributed by atoms with Crippen LogP contribution in [0.4, 0.5) is 5.69 Å². The van der Waals surface area contributed by atoms with E-state index in [4.69, 9.17) is 9.47 Å². The van der Waals surface area contributed by atoms with Gasteiger partial charge in [0.05, 0.1) is 18.0 Å². The number of hydrogen-bond donors (Lipinski definition) is 1. The van der Waals surface area contributed by atoms with Gasteiger partial charge in [0, 0.05) is 19.2 Å². The SMILES string of the molecule is CCCCOC(=O)C[C@@H]1C(=O)NCCN1C(=O)COc1ccccc1[N+](=O)[O-]. The average Bonchev–Trinajstić information content (AvgIpc) is 2.68. The summed E-state index contributed by atoms with van der Waals surface area (Å²) in [4.78, 5) is 48.3. The van der Waals surface area contributed by atoms with Gasteiger partial charge in [-0.05, 0) is 12.5 Å². The second-order valence-corrected chi connectivity index (χ2v) is 6.19. The van der Waals surface area contributed by atoms with Crippen molar-refractivity contribution in [3.8, 4) is 5.75 Å². The lowest BCUT2D eigenvalue weighted by molar-refractivity contribution is -0.385. The molecule has 2 amide bonds. The highest BCUT2D eigenvalue weighted by Crippen LogP contribution is 2.25. The van der Waals surface area contributed by atoms with Crippen molar-refractivity contribution in [1.29, 1.82) is 0 Å². The van der Waals surface area contributed by atoms with E-state index < -0.39 is 35.4 Å². The highest BCUT2D eigenvalue weighted by Gasteiger charge is 2.35. The van der Waals surface area contributed by atoms with Crippen molar-refractivity contribution in [2.45, 2.75) is 32.2 Å². The van der Waals surface area contributed by atoms with Gasteiger partial charge in [-0.25, -0.2) is 0 Å². The predicted molar refractivity (Wildman–Crippen MR) is 97.6 cm³/mol. The molecule has 0 aliphatic carbocycles. The highest BCUT2D eigenvalue weighted by atomic mass is 16.6. The van der Waals surface area contributed by atoms with Gasteiger partial charge in [0.15, 0.2) is 12.4 Å². The maximum absolute atomic E-state index is 12.5.